The molecule has 2 heterocycles. The third-order valence-electron chi connectivity index (χ3n) is 3.67. The van der Waals surface area contributed by atoms with E-state index in [2.05, 4.69) is 0 Å². The van der Waals surface area contributed by atoms with E-state index in [1.54, 1.807) is 11.0 Å². The highest BCUT2D eigenvalue weighted by Gasteiger charge is 2.30. The van der Waals surface area contributed by atoms with Crippen molar-refractivity contribution in [2.45, 2.75) is 26.1 Å². The van der Waals surface area contributed by atoms with Crippen LogP contribution in [0.4, 0.5) is 0 Å². The number of hydrogen-bond donors (Lipinski definition) is 0. The third-order valence-corrected chi connectivity index (χ3v) is 4.01. The number of alkyl halides is 1. The van der Waals surface area contributed by atoms with Crippen LogP contribution in [0.3, 0.4) is 0 Å². The van der Waals surface area contributed by atoms with Crippen molar-refractivity contribution in [2.75, 3.05) is 19.0 Å². The molecule has 2 unspecified atom stereocenters. The number of ether oxygens (including phenoxy) is 1. The molecule has 1 saturated heterocycles. The second kappa shape index (κ2) is 5.70. The average Bonchev–Trinajstić information content (AvgIpc) is 2.88. The summed E-state index contributed by atoms with van der Waals surface area (Å²) in [4.78, 5) is 14.4. The Labute approximate surface area is 128 Å². The minimum Gasteiger partial charge on any atom is -0.451 e. The summed E-state index contributed by atoms with van der Waals surface area (Å²) < 4.78 is 11.3. The Bertz CT molecular complexity index is 667. The fraction of sp³-hybridized carbons (Fsp3) is 0.438. The molecule has 1 aliphatic heterocycles. The minimum absolute atomic E-state index is 0.0157. The summed E-state index contributed by atoms with van der Waals surface area (Å²) in [5.74, 6) is 0.653. The van der Waals surface area contributed by atoms with Crippen LogP contribution in [0.15, 0.2) is 28.7 Å². The maximum absolute atomic E-state index is 12.6. The van der Waals surface area contributed by atoms with Gasteiger partial charge in [0, 0.05) is 18.5 Å². The predicted octanol–water partition coefficient (Wildman–Crippen LogP) is 3.21. The Morgan fingerprint density at radius 2 is 2.19 bits per heavy atom. The molecule has 0 spiro atoms. The van der Waals surface area contributed by atoms with E-state index in [1.165, 1.54) is 0 Å². The highest BCUT2D eigenvalue weighted by molar-refractivity contribution is 6.18. The van der Waals surface area contributed by atoms with Gasteiger partial charge in [0.05, 0.1) is 18.1 Å². The van der Waals surface area contributed by atoms with Gasteiger partial charge in [-0.2, -0.15) is 0 Å². The van der Waals surface area contributed by atoms with E-state index < -0.39 is 0 Å². The summed E-state index contributed by atoms with van der Waals surface area (Å²) in [5, 5.41) is 0.952. The predicted molar refractivity (Wildman–Crippen MR) is 81.9 cm³/mol. The van der Waals surface area contributed by atoms with Gasteiger partial charge in [0.1, 0.15) is 5.58 Å². The number of halogens is 1. The number of benzene rings is 1. The molecule has 3 rings (SSSR count). The number of rotatable bonds is 2. The number of carbonyl (C=O) groups excluding carboxylic acids is 1. The Hall–Kier alpha value is -1.52. The van der Waals surface area contributed by atoms with E-state index in [4.69, 9.17) is 20.8 Å². The summed E-state index contributed by atoms with van der Waals surface area (Å²) in [6.07, 6.45) is -0.135. The van der Waals surface area contributed by atoms with Crippen LogP contribution in [0.5, 0.6) is 0 Å². The lowest BCUT2D eigenvalue weighted by molar-refractivity contribution is -0.0576. The van der Waals surface area contributed by atoms with Gasteiger partial charge in [-0.1, -0.05) is 11.6 Å². The van der Waals surface area contributed by atoms with Crippen molar-refractivity contribution in [1.29, 1.82) is 0 Å². The van der Waals surface area contributed by atoms with Crippen molar-refractivity contribution in [3.8, 4) is 0 Å². The molecule has 0 bridgehead atoms. The summed E-state index contributed by atoms with van der Waals surface area (Å²) in [7, 11) is 0. The standard InChI is InChI=1S/C16H18ClNO3/c1-10-3-4-14-12(5-10)6-15(21-14)16(19)18-8-11(2)20-13(7-17)9-18/h3-6,11,13H,7-9H2,1-2H3. The maximum atomic E-state index is 12.6. The lowest BCUT2D eigenvalue weighted by atomic mass is 10.2. The van der Waals surface area contributed by atoms with Crippen LogP contribution in [-0.2, 0) is 4.74 Å². The van der Waals surface area contributed by atoms with Gasteiger partial charge in [0.25, 0.3) is 5.91 Å². The summed E-state index contributed by atoms with van der Waals surface area (Å²) >= 11 is 5.86. The second-order valence-corrected chi connectivity index (χ2v) is 5.89. The molecule has 4 nitrogen and oxygen atoms in total. The molecule has 5 heteroatoms. The molecular weight excluding hydrogens is 290 g/mol. The van der Waals surface area contributed by atoms with Gasteiger partial charge in [-0.05, 0) is 32.0 Å². The van der Waals surface area contributed by atoms with Crippen molar-refractivity contribution in [1.82, 2.24) is 4.90 Å². The molecule has 1 aromatic carbocycles. The van der Waals surface area contributed by atoms with Crippen molar-refractivity contribution >= 4 is 28.5 Å². The first-order valence-corrected chi connectivity index (χ1v) is 7.61. The highest BCUT2D eigenvalue weighted by Crippen LogP contribution is 2.23. The van der Waals surface area contributed by atoms with Gasteiger partial charge in [0.15, 0.2) is 5.76 Å². The van der Waals surface area contributed by atoms with Crippen LogP contribution in [0.25, 0.3) is 11.0 Å². The van der Waals surface area contributed by atoms with E-state index in [0.717, 1.165) is 16.5 Å². The molecule has 21 heavy (non-hydrogen) atoms. The first-order valence-electron chi connectivity index (χ1n) is 7.07. The van der Waals surface area contributed by atoms with E-state index in [1.807, 2.05) is 32.0 Å². The first-order chi connectivity index (χ1) is 10.1. The lowest BCUT2D eigenvalue weighted by Gasteiger charge is -2.35. The number of carbonyl (C=O) groups is 1. The van der Waals surface area contributed by atoms with E-state index in [9.17, 15) is 4.79 Å². The maximum Gasteiger partial charge on any atom is 0.289 e. The van der Waals surface area contributed by atoms with Crippen LogP contribution in [0.1, 0.15) is 23.0 Å². The monoisotopic (exact) mass is 307 g/mol. The van der Waals surface area contributed by atoms with Crippen LogP contribution in [0.2, 0.25) is 0 Å². The van der Waals surface area contributed by atoms with Gasteiger partial charge in [-0.15, -0.1) is 11.6 Å². The number of fused-ring (bicyclic) bond motifs is 1. The Morgan fingerprint density at radius 1 is 1.38 bits per heavy atom. The molecule has 0 N–H and O–H groups in total. The van der Waals surface area contributed by atoms with Gasteiger partial charge < -0.3 is 14.1 Å². The molecule has 2 aromatic rings. The van der Waals surface area contributed by atoms with E-state index >= 15 is 0 Å². The molecule has 1 aromatic heterocycles. The average molecular weight is 308 g/mol. The summed E-state index contributed by atoms with van der Waals surface area (Å²) in [6, 6.07) is 7.69. The molecular formula is C16H18ClNO3. The van der Waals surface area contributed by atoms with Crippen molar-refractivity contribution < 1.29 is 13.9 Å². The largest absolute Gasteiger partial charge is 0.451 e. The van der Waals surface area contributed by atoms with Crippen LogP contribution < -0.4 is 0 Å². The zero-order valence-corrected chi connectivity index (χ0v) is 12.9. The van der Waals surface area contributed by atoms with Crippen molar-refractivity contribution in [3.05, 3.63) is 35.6 Å². The summed E-state index contributed by atoms with van der Waals surface area (Å²) in [6.45, 7) is 5.02. The minimum atomic E-state index is -0.119. The van der Waals surface area contributed by atoms with Crippen LogP contribution >= 0.6 is 11.6 Å². The van der Waals surface area contributed by atoms with Gasteiger partial charge in [0.2, 0.25) is 0 Å². The Balaban J connectivity index is 1.85. The molecule has 1 amide bonds. The fourth-order valence-corrected chi connectivity index (χ4v) is 2.89. The molecule has 2 atom stereocenters. The summed E-state index contributed by atoms with van der Waals surface area (Å²) in [5.41, 5.74) is 1.88. The third kappa shape index (κ3) is 2.92. The number of hydrogen-bond acceptors (Lipinski definition) is 3. The lowest BCUT2D eigenvalue weighted by Crippen LogP contribution is -2.49. The zero-order valence-electron chi connectivity index (χ0n) is 12.1. The smallest absolute Gasteiger partial charge is 0.289 e. The zero-order chi connectivity index (χ0) is 15.0. The number of amides is 1. The number of furan rings is 1. The van der Waals surface area contributed by atoms with Crippen molar-refractivity contribution in [2.24, 2.45) is 0 Å². The Kier molecular flexibility index (Phi) is 3.91. The molecule has 1 aliphatic rings. The quantitative estimate of drug-likeness (QED) is 0.800. The van der Waals surface area contributed by atoms with Gasteiger partial charge in [-0.3, -0.25) is 4.79 Å². The topological polar surface area (TPSA) is 42.7 Å². The van der Waals surface area contributed by atoms with Gasteiger partial charge in [-0.25, -0.2) is 0 Å². The number of morpholine rings is 1. The molecule has 0 saturated carbocycles. The molecule has 0 aliphatic carbocycles. The highest BCUT2D eigenvalue weighted by atomic mass is 35.5. The molecule has 112 valence electrons. The number of nitrogens with zero attached hydrogens (tertiary/aromatic N) is 1. The molecule has 0 radical (unpaired) electrons. The van der Waals surface area contributed by atoms with Gasteiger partial charge >= 0.3 is 0 Å². The normalized spacial score (nSPS) is 22.7. The molecule has 1 fully saturated rings. The number of aryl methyl sites for hydroxylation is 1. The second-order valence-electron chi connectivity index (χ2n) is 5.59. The van der Waals surface area contributed by atoms with Crippen LogP contribution in [0, 0.1) is 6.92 Å². The fourth-order valence-electron chi connectivity index (χ4n) is 2.72. The first kappa shape index (κ1) is 14.4. The van der Waals surface area contributed by atoms with Crippen LogP contribution in [-0.4, -0.2) is 42.0 Å². The van der Waals surface area contributed by atoms with E-state index in [0.29, 0.717) is 24.7 Å². The van der Waals surface area contributed by atoms with Crippen molar-refractivity contribution in [3.63, 3.8) is 0 Å². The Morgan fingerprint density at radius 3 is 2.95 bits per heavy atom. The van der Waals surface area contributed by atoms with E-state index in [-0.39, 0.29) is 18.1 Å². The SMILES string of the molecule is Cc1ccc2oc(C(=O)N3CC(C)OC(CCl)C3)cc2c1.